The highest BCUT2D eigenvalue weighted by Crippen LogP contribution is 2.23. The van der Waals surface area contributed by atoms with Gasteiger partial charge in [-0.1, -0.05) is 45.0 Å². The monoisotopic (exact) mass is 204 g/mol. The first-order chi connectivity index (χ1) is 6.98. The van der Waals surface area contributed by atoms with Crippen LogP contribution >= 0.6 is 0 Å². The first kappa shape index (κ1) is 10.4. The molecule has 0 aromatic heterocycles. The maximum Gasteiger partial charge on any atom is 0.193 e. The van der Waals surface area contributed by atoms with Gasteiger partial charge in [-0.25, -0.2) is 0 Å². The molecule has 80 valence electrons. The Morgan fingerprint density at radius 3 is 2.20 bits per heavy atom. The maximum absolute atomic E-state index is 11.6. The Morgan fingerprint density at radius 1 is 1.27 bits per heavy atom. The number of epoxide rings is 1. The largest absolute Gasteiger partial charge is 0.364 e. The lowest BCUT2D eigenvalue weighted by Gasteiger charge is -2.18. The summed E-state index contributed by atoms with van der Waals surface area (Å²) in [5.41, 5.74) is 2.14. The number of ketones is 1. The van der Waals surface area contributed by atoms with Gasteiger partial charge in [-0.3, -0.25) is 4.79 Å². The number of rotatable bonds is 2. The fourth-order valence-corrected chi connectivity index (χ4v) is 1.52. The third kappa shape index (κ3) is 2.26. The molecule has 1 aromatic carbocycles. The van der Waals surface area contributed by atoms with Crippen LogP contribution in [0.1, 0.15) is 36.7 Å². The van der Waals surface area contributed by atoms with Gasteiger partial charge in [0.15, 0.2) is 5.78 Å². The van der Waals surface area contributed by atoms with Crippen molar-refractivity contribution in [2.75, 3.05) is 6.61 Å². The van der Waals surface area contributed by atoms with E-state index < -0.39 is 0 Å². The predicted octanol–water partition coefficient (Wildman–Crippen LogP) is 2.57. The van der Waals surface area contributed by atoms with Crippen molar-refractivity contribution >= 4 is 5.78 Å². The quantitative estimate of drug-likeness (QED) is 0.547. The molecule has 15 heavy (non-hydrogen) atoms. The minimum atomic E-state index is -0.175. The first-order valence-electron chi connectivity index (χ1n) is 5.25. The van der Waals surface area contributed by atoms with Gasteiger partial charge in [0.05, 0.1) is 6.61 Å². The topological polar surface area (TPSA) is 29.6 Å². The lowest BCUT2D eigenvalue weighted by atomic mass is 9.86. The molecular weight excluding hydrogens is 188 g/mol. The summed E-state index contributed by atoms with van der Waals surface area (Å²) in [6.45, 7) is 7.06. The Bertz CT molecular complexity index is 367. The lowest BCUT2D eigenvalue weighted by Crippen LogP contribution is -2.12. The highest BCUT2D eigenvalue weighted by Gasteiger charge is 2.31. The standard InChI is InChI=1S/C13H16O2/c1-13(2,3)10-6-4-9(5-7-10)12(14)11-8-15-11/h4-7,11H,8H2,1-3H3. The number of hydrogen-bond donors (Lipinski definition) is 0. The van der Waals surface area contributed by atoms with Gasteiger partial charge in [0.1, 0.15) is 6.10 Å². The van der Waals surface area contributed by atoms with Gasteiger partial charge in [0.25, 0.3) is 0 Å². The summed E-state index contributed by atoms with van der Waals surface area (Å²) in [7, 11) is 0. The van der Waals surface area contributed by atoms with Crippen LogP contribution in [-0.2, 0) is 10.2 Å². The third-order valence-corrected chi connectivity index (χ3v) is 2.66. The molecule has 0 N–H and O–H groups in total. The number of hydrogen-bond acceptors (Lipinski definition) is 2. The molecule has 1 aliphatic heterocycles. The van der Waals surface area contributed by atoms with Crippen LogP contribution in [0.25, 0.3) is 0 Å². The Balaban J connectivity index is 2.20. The van der Waals surface area contributed by atoms with Crippen LogP contribution < -0.4 is 0 Å². The summed E-state index contributed by atoms with van der Waals surface area (Å²) < 4.78 is 4.97. The molecule has 1 atom stereocenters. The van der Waals surface area contributed by atoms with Crippen LogP contribution in [-0.4, -0.2) is 18.5 Å². The summed E-state index contributed by atoms with van der Waals surface area (Å²) in [4.78, 5) is 11.6. The summed E-state index contributed by atoms with van der Waals surface area (Å²) in [5.74, 6) is 0.107. The van der Waals surface area contributed by atoms with Crippen molar-refractivity contribution in [3.63, 3.8) is 0 Å². The molecular formula is C13H16O2. The fourth-order valence-electron chi connectivity index (χ4n) is 1.52. The Morgan fingerprint density at radius 2 is 1.80 bits per heavy atom. The highest BCUT2D eigenvalue weighted by molar-refractivity contribution is 6.00. The molecule has 0 spiro atoms. The minimum Gasteiger partial charge on any atom is -0.364 e. The molecule has 0 aliphatic carbocycles. The van der Waals surface area contributed by atoms with Crippen molar-refractivity contribution in [3.05, 3.63) is 35.4 Å². The molecule has 1 heterocycles. The van der Waals surface area contributed by atoms with Gasteiger partial charge in [0, 0.05) is 5.56 Å². The van der Waals surface area contributed by atoms with Crippen molar-refractivity contribution in [1.82, 2.24) is 0 Å². The van der Waals surface area contributed by atoms with Gasteiger partial charge < -0.3 is 4.74 Å². The average Bonchev–Trinajstić information content (AvgIpc) is 2.99. The number of carbonyl (C=O) groups excluding carboxylic acids is 1. The van der Waals surface area contributed by atoms with Crippen LogP contribution in [0.3, 0.4) is 0 Å². The Labute approximate surface area is 90.3 Å². The smallest absolute Gasteiger partial charge is 0.193 e. The molecule has 1 unspecified atom stereocenters. The minimum absolute atomic E-state index is 0.107. The van der Waals surface area contributed by atoms with Crippen LogP contribution in [0.2, 0.25) is 0 Å². The van der Waals surface area contributed by atoms with E-state index in [4.69, 9.17) is 4.74 Å². The molecule has 0 bridgehead atoms. The highest BCUT2D eigenvalue weighted by atomic mass is 16.6. The van der Waals surface area contributed by atoms with Gasteiger partial charge in [-0.15, -0.1) is 0 Å². The number of ether oxygens (including phenoxy) is 1. The molecule has 2 nitrogen and oxygen atoms in total. The van der Waals surface area contributed by atoms with Gasteiger partial charge in [-0.2, -0.15) is 0 Å². The Hall–Kier alpha value is -1.15. The van der Waals surface area contributed by atoms with E-state index in [0.29, 0.717) is 6.61 Å². The molecule has 1 fully saturated rings. The van der Waals surface area contributed by atoms with Gasteiger partial charge in [0.2, 0.25) is 0 Å². The van der Waals surface area contributed by atoms with Crippen molar-refractivity contribution in [1.29, 1.82) is 0 Å². The van der Waals surface area contributed by atoms with E-state index in [-0.39, 0.29) is 17.3 Å². The van der Waals surface area contributed by atoms with E-state index in [9.17, 15) is 4.79 Å². The predicted molar refractivity (Wildman–Crippen MR) is 59.2 cm³/mol. The average molecular weight is 204 g/mol. The molecule has 2 rings (SSSR count). The summed E-state index contributed by atoms with van der Waals surface area (Å²) >= 11 is 0. The normalized spacial score (nSPS) is 20.1. The summed E-state index contributed by atoms with van der Waals surface area (Å²) in [6.07, 6.45) is -0.175. The van der Waals surface area contributed by atoms with Gasteiger partial charge >= 0.3 is 0 Å². The molecule has 1 saturated heterocycles. The second-order valence-corrected chi connectivity index (χ2v) is 5.01. The molecule has 0 radical (unpaired) electrons. The van der Waals surface area contributed by atoms with E-state index in [1.165, 1.54) is 5.56 Å². The maximum atomic E-state index is 11.6. The second-order valence-electron chi connectivity index (χ2n) is 5.01. The molecule has 1 aromatic rings. The van der Waals surface area contributed by atoms with Crippen LogP contribution in [0.5, 0.6) is 0 Å². The van der Waals surface area contributed by atoms with Crippen molar-refractivity contribution in [3.8, 4) is 0 Å². The third-order valence-electron chi connectivity index (χ3n) is 2.66. The van der Waals surface area contributed by atoms with Crippen molar-refractivity contribution in [2.45, 2.75) is 32.3 Å². The molecule has 0 amide bonds. The summed E-state index contributed by atoms with van der Waals surface area (Å²) in [6, 6.07) is 7.83. The van der Waals surface area contributed by atoms with Crippen LogP contribution in [0, 0.1) is 0 Å². The van der Waals surface area contributed by atoms with E-state index in [1.54, 1.807) is 0 Å². The number of Topliss-reactive ketones (excluding diaryl/α,β-unsaturated/α-hetero) is 1. The van der Waals surface area contributed by atoms with E-state index in [1.807, 2.05) is 24.3 Å². The van der Waals surface area contributed by atoms with Crippen LogP contribution in [0.15, 0.2) is 24.3 Å². The van der Waals surface area contributed by atoms with Crippen molar-refractivity contribution in [2.24, 2.45) is 0 Å². The zero-order chi connectivity index (χ0) is 11.1. The molecule has 1 aliphatic rings. The van der Waals surface area contributed by atoms with Crippen molar-refractivity contribution < 1.29 is 9.53 Å². The van der Waals surface area contributed by atoms with E-state index >= 15 is 0 Å². The first-order valence-corrected chi connectivity index (χ1v) is 5.25. The van der Waals surface area contributed by atoms with Gasteiger partial charge in [-0.05, 0) is 11.0 Å². The van der Waals surface area contributed by atoms with Crippen LogP contribution in [0.4, 0.5) is 0 Å². The van der Waals surface area contributed by atoms with E-state index in [2.05, 4.69) is 20.8 Å². The van der Waals surface area contributed by atoms with E-state index in [0.717, 1.165) is 5.56 Å². The number of carbonyl (C=O) groups is 1. The number of benzene rings is 1. The molecule has 0 saturated carbocycles. The zero-order valence-corrected chi connectivity index (χ0v) is 9.41. The molecule has 2 heteroatoms. The zero-order valence-electron chi connectivity index (χ0n) is 9.41. The SMILES string of the molecule is CC(C)(C)c1ccc(C(=O)C2CO2)cc1. The fraction of sp³-hybridized carbons (Fsp3) is 0.462. The summed E-state index contributed by atoms with van der Waals surface area (Å²) in [5, 5.41) is 0. The lowest BCUT2D eigenvalue weighted by molar-refractivity contribution is 0.0953. The second kappa shape index (κ2) is 3.46. The Kier molecular flexibility index (Phi) is 2.39.